The van der Waals surface area contributed by atoms with E-state index in [2.05, 4.69) is 0 Å². The van der Waals surface area contributed by atoms with E-state index in [-0.39, 0.29) is 11.7 Å². The molecule has 0 fully saturated rings. The van der Waals surface area contributed by atoms with Gasteiger partial charge in [-0.2, -0.15) is 10.5 Å². The number of ketones is 1. The summed E-state index contributed by atoms with van der Waals surface area (Å²) >= 11 is 0. The molecule has 0 radical (unpaired) electrons. The standard InChI is InChI=1S/C14H14N2O/c15-10-4-8-13(9-5-11-16)14(17)12-6-2-1-3-7-12/h1-3,6-7,13H,4-5,8-9H2. The van der Waals surface area contributed by atoms with Crippen molar-refractivity contribution in [3.8, 4) is 12.1 Å². The predicted molar refractivity (Wildman–Crippen MR) is 64.0 cm³/mol. The summed E-state index contributed by atoms with van der Waals surface area (Å²) in [5, 5.41) is 17.1. The van der Waals surface area contributed by atoms with Gasteiger partial charge >= 0.3 is 0 Å². The number of hydrogen-bond acceptors (Lipinski definition) is 3. The minimum absolute atomic E-state index is 0.0381. The van der Waals surface area contributed by atoms with Crippen molar-refractivity contribution in [3.63, 3.8) is 0 Å². The van der Waals surface area contributed by atoms with Crippen LogP contribution in [0, 0.1) is 28.6 Å². The first-order valence-electron chi connectivity index (χ1n) is 5.62. The van der Waals surface area contributed by atoms with Crippen LogP contribution in [0.5, 0.6) is 0 Å². The monoisotopic (exact) mass is 226 g/mol. The fourth-order valence-corrected chi connectivity index (χ4v) is 1.72. The molecule has 86 valence electrons. The molecule has 1 rings (SSSR count). The summed E-state index contributed by atoms with van der Waals surface area (Å²) in [5.74, 6) is -0.173. The molecular formula is C14H14N2O. The lowest BCUT2D eigenvalue weighted by molar-refractivity contribution is 0.0908. The summed E-state index contributed by atoms with van der Waals surface area (Å²) in [7, 11) is 0. The summed E-state index contributed by atoms with van der Waals surface area (Å²) in [4.78, 5) is 12.1. The minimum Gasteiger partial charge on any atom is -0.294 e. The van der Waals surface area contributed by atoms with E-state index in [9.17, 15) is 4.79 Å². The second kappa shape index (κ2) is 7.19. The number of hydrogen-bond donors (Lipinski definition) is 0. The molecule has 1 aromatic carbocycles. The summed E-state index contributed by atoms with van der Waals surface area (Å²) < 4.78 is 0. The van der Waals surface area contributed by atoms with Gasteiger partial charge in [0.2, 0.25) is 0 Å². The van der Waals surface area contributed by atoms with Gasteiger partial charge in [0.1, 0.15) is 0 Å². The zero-order valence-corrected chi connectivity index (χ0v) is 9.60. The molecule has 0 bridgehead atoms. The quantitative estimate of drug-likeness (QED) is 0.700. The van der Waals surface area contributed by atoms with E-state index in [0.29, 0.717) is 31.2 Å². The molecule has 0 aromatic heterocycles. The first-order valence-corrected chi connectivity index (χ1v) is 5.62. The van der Waals surface area contributed by atoms with Crippen LogP contribution < -0.4 is 0 Å². The van der Waals surface area contributed by atoms with Crippen LogP contribution in [-0.2, 0) is 0 Å². The van der Waals surface area contributed by atoms with Gasteiger partial charge in [-0.15, -0.1) is 0 Å². The largest absolute Gasteiger partial charge is 0.294 e. The van der Waals surface area contributed by atoms with Crippen molar-refractivity contribution in [2.75, 3.05) is 0 Å². The van der Waals surface area contributed by atoms with Crippen molar-refractivity contribution in [2.24, 2.45) is 5.92 Å². The SMILES string of the molecule is N#CCCC(CCC#N)C(=O)c1ccccc1. The van der Waals surface area contributed by atoms with Gasteiger partial charge < -0.3 is 0 Å². The van der Waals surface area contributed by atoms with Gasteiger partial charge in [-0.25, -0.2) is 0 Å². The van der Waals surface area contributed by atoms with Gasteiger partial charge in [-0.3, -0.25) is 4.79 Å². The topological polar surface area (TPSA) is 64.7 Å². The Kier molecular flexibility index (Phi) is 5.47. The smallest absolute Gasteiger partial charge is 0.166 e. The third-order valence-electron chi connectivity index (χ3n) is 2.64. The highest BCUT2D eigenvalue weighted by Crippen LogP contribution is 2.19. The van der Waals surface area contributed by atoms with E-state index in [4.69, 9.17) is 10.5 Å². The van der Waals surface area contributed by atoms with E-state index in [1.54, 1.807) is 12.1 Å². The van der Waals surface area contributed by atoms with Crippen molar-refractivity contribution < 1.29 is 4.79 Å². The Morgan fingerprint density at radius 1 is 1.06 bits per heavy atom. The number of rotatable bonds is 6. The minimum atomic E-state index is -0.211. The van der Waals surface area contributed by atoms with Crippen molar-refractivity contribution in [1.82, 2.24) is 0 Å². The molecule has 0 N–H and O–H groups in total. The predicted octanol–water partition coefficient (Wildman–Crippen LogP) is 3.09. The molecule has 3 heteroatoms. The Labute approximate surface area is 101 Å². The molecule has 0 spiro atoms. The van der Waals surface area contributed by atoms with Gasteiger partial charge in [-0.05, 0) is 12.8 Å². The van der Waals surface area contributed by atoms with Gasteiger partial charge in [0, 0.05) is 24.3 Å². The molecule has 0 atom stereocenters. The van der Waals surface area contributed by atoms with Crippen molar-refractivity contribution in [2.45, 2.75) is 25.7 Å². The number of Topliss-reactive ketones (excluding diaryl/α,β-unsaturated/α-hetero) is 1. The second-order valence-electron chi connectivity index (χ2n) is 3.82. The number of nitriles is 2. The van der Waals surface area contributed by atoms with E-state index in [0.717, 1.165) is 0 Å². The Morgan fingerprint density at radius 3 is 2.06 bits per heavy atom. The maximum atomic E-state index is 12.1. The summed E-state index contributed by atoms with van der Waals surface area (Å²) in [6.07, 6.45) is 1.78. The van der Waals surface area contributed by atoms with E-state index in [1.807, 2.05) is 30.3 Å². The normalized spacial score (nSPS) is 9.59. The van der Waals surface area contributed by atoms with Crippen LogP contribution in [-0.4, -0.2) is 5.78 Å². The molecule has 3 nitrogen and oxygen atoms in total. The zero-order chi connectivity index (χ0) is 12.5. The van der Waals surface area contributed by atoms with E-state index >= 15 is 0 Å². The summed E-state index contributed by atoms with van der Waals surface area (Å²) in [6.45, 7) is 0. The highest BCUT2D eigenvalue weighted by atomic mass is 16.1. The number of carbonyl (C=O) groups excluding carboxylic acids is 1. The number of nitrogens with zero attached hydrogens (tertiary/aromatic N) is 2. The lowest BCUT2D eigenvalue weighted by atomic mass is 9.90. The first kappa shape index (κ1) is 12.9. The van der Waals surface area contributed by atoms with Crippen LogP contribution in [0.25, 0.3) is 0 Å². The lowest BCUT2D eigenvalue weighted by Gasteiger charge is -2.12. The maximum absolute atomic E-state index is 12.1. The first-order chi connectivity index (χ1) is 8.29. The Balaban J connectivity index is 2.73. The Morgan fingerprint density at radius 2 is 1.59 bits per heavy atom. The molecule has 0 saturated carbocycles. The third kappa shape index (κ3) is 4.09. The van der Waals surface area contributed by atoms with Crippen LogP contribution in [0.2, 0.25) is 0 Å². The van der Waals surface area contributed by atoms with Gasteiger partial charge in [-0.1, -0.05) is 30.3 Å². The Bertz CT molecular complexity index is 422. The molecule has 0 amide bonds. The molecule has 0 heterocycles. The summed E-state index contributed by atoms with van der Waals surface area (Å²) in [6, 6.07) is 13.1. The average molecular weight is 226 g/mol. The maximum Gasteiger partial charge on any atom is 0.166 e. The second-order valence-corrected chi connectivity index (χ2v) is 3.82. The van der Waals surface area contributed by atoms with Crippen LogP contribution in [0.1, 0.15) is 36.0 Å². The zero-order valence-electron chi connectivity index (χ0n) is 9.60. The highest BCUT2D eigenvalue weighted by molar-refractivity contribution is 5.97. The van der Waals surface area contributed by atoms with Gasteiger partial charge in [0.25, 0.3) is 0 Å². The van der Waals surface area contributed by atoms with Crippen LogP contribution in [0.15, 0.2) is 30.3 Å². The number of benzene rings is 1. The fraction of sp³-hybridized carbons (Fsp3) is 0.357. The highest BCUT2D eigenvalue weighted by Gasteiger charge is 2.19. The molecule has 17 heavy (non-hydrogen) atoms. The van der Waals surface area contributed by atoms with Gasteiger partial charge in [0.15, 0.2) is 5.78 Å². The molecule has 0 aliphatic carbocycles. The van der Waals surface area contributed by atoms with Crippen molar-refractivity contribution >= 4 is 5.78 Å². The van der Waals surface area contributed by atoms with Crippen molar-refractivity contribution in [1.29, 1.82) is 10.5 Å². The van der Waals surface area contributed by atoms with E-state index in [1.165, 1.54) is 0 Å². The average Bonchev–Trinajstić information content (AvgIpc) is 2.39. The van der Waals surface area contributed by atoms with Gasteiger partial charge in [0.05, 0.1) is 12.1 Å². The number of carbonyl (C=O) groups is 1. The molecule has 1 aromatic rings. The van der Waals surface area contributed by atoms with Crippen LogP contribution in [0.4, 0.5) is 0 Å². The molecule has 0 saturated heterocycles. The van der Waals surface area contributed by atoms with Crippen LogP contribution >= 0.6 is 0 Å². The lowest BCUT2D eigenvalue weighted by Crippen LogP contribution is -2.14. The van der Waals surface area contributed by atoms with E-state index < -0.39 is 0 Å². The molecule has 0 aliphatic rings. The molecule has 0 unspecified atom stereocenters. The third-order valence-corrected chi connectivity index (χ3v) is 2.64. The van der Waals surface area contributed by atoms with Crippen molar-refractivity contribution in [3.05, 3.63) is 35.9 Å². The summed E-state index contributed by atoms with van der Waals surface area (Å²) in [5.41, 5.74) is 0.661. The Hall–Kier alpha value is -2.13. The molecule has 0 aliphatic heterocycles. The fourth-order valence-electron chi connectivity index (χ4n) is 1.72. The van der Waals surface area contributed by atoms with Crippen LogP contribution in [0.3, 0.4) is 0 Å². The molecular weight excluding hydrogens is 212 g/mol.